The van der Waals surface area contributed by atoms with Crippen molar-refractivity contribution < 1.29 is 4.79 Å². The summed E-state index contributed by atoms with van der Waals surface area (Å²) in [6.07, 6.45) is 1.14. The summed E-state index contributed by atoms with van der Waals surface area (Å²) in [7, 11) is 0. The summed E-state index contributed by atoms with van der Waals surface area (Å²) in [6, 6.07) is 0.460. The first-order valence-corrected chi connectivity index (χ1v) is 9.70. The van der Waals surface area contributed by atoms with Crippen LogP contribution in [0.15, 0.2) is 4.99 Å². The second-order valence-electron chi connectivity index (χ2n) is 7.88. The zero-order valence-electron chi connectivity index (χ0n) is 18.1. The van der Waals surface area contributed by atoms with E-state index in [2.05, 4.69) is 53.5 Å². The van der Waals surface area contributed by atoms with Crippen LogP contribution >= 0.6 is 24.0 Å². The third kappa shape index (κ3) is 13.6. The van der Waals surface area contributed by atoms with Crippen LogP contribution in [0.2, 0.25) is 0 Å². The van der Waals surface area contributed by atoms with Crippen LogP contribution in [0.5, 0.6) is 0 Å². The molecule has 26 heavy (non-hydrogen) atoms. The Morgan fingerprint density at radius 1 is 1.08 bits per heavy atom. The van der Waals surface area contributed by atoms with E-state index in [9.17, 15) is 4.79 Å². The van der Waals surface area contributed by atoms with Gasteiger partial charge in [0, 0.05) is 24.7 Å². The average Bonchev–Trinajstić information content (AvgIpc) is 2.48. The fourth-order valence-corrected chi connectivity index (χ4v) is 2.81. The number of likely N-dealkylation sites (N-methyl/N-ethyl adjacent to an activating group) is 1. The summed E-state index contributed by atoms with van der Waals surface area (Å²) in [4.78, 5) is 18.9. The van der Waals surface area contributed by atoms with Crippen LogP contribution in [-0.4, -0.2) is 61.1 Å². The summed E-state index contributed by atoms with van der Waals surface area (Å²) in [5, 5.41) is 9.57. The minimum atomic E-state index is -0.233. The number of halogens is 1. The molecule has 0 aromatic rings. The molecule has 0 aliphatic heterocycles. The van der Waals surface area contributed by atoms with E-state index < -0.39 is 0 Å². The number of guanidine groups is 1. The van der Waals surface area contributed by atoms with Crippen LogP contribution in [0, 0.1) is 5.92 Å². The summed E-state index contributed by atoms with van der Waals surface area (Å²) in [6.45, 7) is 20.7. The molecule has 0 heterocycles. The third-order valence-electron chi connectivity index (χ3n) is 3.82. The van der Waals surface area contributed by atoms with Gasteiger partial charge in [-0.3, -0.25) is 9.69 Å². The molecule has 0 bridgehead atoms. The molecule has 0 saturated carbocycles. The maximum atomic E-state index is 12.0. The van der Waals surface area contributed by atoms with E-state index in [-0.39, 0.29) is 42.0 Å². The fourth-order valence-electron chi connectivity index (χ4n) is 2.81. The maximum Gasteiger partial charge on any atom is 0.242 e. The lowest BCUT2D eigenvalue weighted by atomic mass is 10.0. The fraction of sp³-hybridized carbons (Fsp3) is 0.895. The molecule has 3 N–H and O–H groups in total. The number of hydrogen-bond donors (Lipinski definition) is 3. The lowest BCUT2D eigenvalue weighted by Gasteiger charge is -2.31. The molecule has 0 rings (SSSR count). The van der Waals surface area contributed by atoms with Crippen LogP contribution < -0.4 is 16.0 Å². The highest BCUT2D eigenvalue weighted by atomic mass is 127. The lowest BCUT2D eigenvalue weighted by Crippen LogP contribution is -2.48. The molecule has 1 unspecified atom stereocenters. The Bertz CT molecular complexity index is 403. The van der Waals surface area contributed by atoms with Crippen molar-refractivity contribution in [2.75, 3.05) is 32.7 Å². The summed E-state index contributed by atoms with van der Waals surface area (Å²) < 4.78 is 0. The maximum absolute atomic E-state index is 12.0. The van der Waals surface area contributed by atoms with E-state index in [4.69, 9.17) is 0 Å². The van der Waals surface area contributed by atoms with E-state index in [1.807, 2.05) is 27.7 Å². The van der Waals surface area contributed by atoms with Gasteiger partial charge in [-0.25, -0.2) is 4.99 Å². The normalized spacial score (nSPS) is 13.4. The Labute approximate surface area is 178 Å². The van der Waals surface area contributed by atoms with Gasteiger partial charge in [0.2, 0.25) is 5.91 Å². The van der Waals surface area contributed by atoms with E-state index in [0.29, 0.717) is 17.9 Å². The van der Waals surface area contributed by atoms with E-state index in [1.165, 1.54) is 0 Å². The molecule has 0 fully saturated rings. The Hall–Kier alpha value is -0.570. The molecule has 0 aromatic carbocycles. The van der Waals surface area contributed by atoms with Crippen molar-refractivity contribution >= 4 is 35.8 Å². The molecule has 0 aliphatic carbocycles. The number of nitrogens with zero attached hydrogens (tertiary/aromatic N) is 2. The number of rotatable bonds is 10. The molecule has 0 aromatic heterocycles. The number of carbonyl (C=O) groups is 1. The van der Waals surface area contributed by atoms with Crippen molar-refractivity contribution in [3.63, 3.8) is 0 Å². The standard InChI is InChI=1S/C19H41N5O.HI/c1-9-20-18(22-14-17(25)23-19(6,7)8)21-13-16(12-15(4)5)24(10-2)11-3;/h15-16H,9-14H2,1-8H3,(H,23,25)(H2,20,21,22);1H. The molecule has 1 atom stereocenters. The van der Waals surface area contributed by atoms with E-state index >= 15 is 0 Å². The number of amides is 1. The van der Waals surface area contributed by atoms with E-state index in [0.717, 1.165) is 32.6 Å². The largest absolute Gasteiger partial charge is 0.357 e. The smallest absolute Gasteiger partial charge is 0.242 e. The van der Waals surface area contributed by atoms with Gasteiger partial charge >= 0.3 is 0 Å². The van der Waals surface area contributed by atoms with Crippen LogP contribution in [0.1, 0.15) is 61.8 Å². The predicted molar refractivity (Wildman–Crippen MR) is 123 cm³/mol. The van der Waals surface area contributed by atoms with Crippen molar-refractivity contribution in [2.45, 2.75) is 73.4 Å². The molecule has 156 valence electrons. The molecule has 0 spiro atoms. The predicted octanol–water partition coefficient (Wildman–Crippen LogP) is 2.83. The molecule has 0 aliphatic rings. The first-order valence-electron chi connectivity index (χ1n) is 9.70. The number of nitrogens with one attached hydrogen (secondary N) is 3. The first-order chi connectivity index (χ1) is 11.6. The second-order valence-corrected chi connectivity index (χ2v) is 7.88. The van der Waals surface area contributed by atoms with Crippen molar-refractivity contribution in [1.29, 1.82) is 0 Å². The molecule has 7 heteroatoms. The first kappa shape index (κ1) is 27.6. The highest BCUT2D eigenvalue weighted by molar-refractivity contribution is 14.0. The van der Waals surface area contributed by atoms with Crippen LogP contribution in [0.3, 0.4) is 0 Å². The minimum absolute atomic E-state index is 0. The monoisotopic (exact) mass is 483 g/mol. The molecule has 1 amide bonds. The van der Waals surface area contributed by atoms with Crippen molar-refractivity contribution in [1.82, 2.24) is 20.9 Å². The van der Waals surface area contributed by atoms with Gasteiger partial charge in [0.15, 0.2) is 5.96 Å². The van der Waals surface area contributed by atoms with Crippen LogP contribution in [0.4, 0.5) is 0 Å². The van der Waals surface area contributed by atoms with Gasteiger partial charge in [0.1, 0.15) is 6.54 Å². The van der Waals surface area contributed by atoms with Gasteiger partial charge in [0.25, 0.3) is 0 Å². The second kappa shape index (κ2) is 14.5. The van der Waals surface area contributed by atoms with Gasteiger partial charge in [-0.1, -0.05) is 27.7 Å². The quantitative estimate of drug-likeness (QED) is 0.254. The minimum Gasteiger partial charge on any atom is -0.357 e. The number of hydrogen-bond acceptors (Lipinski definition) is 3. The van der Waals surface area contributed by atoms with Gasteiger partial charge in [0.05, 0.1) is 0 Å². The lowest BCUT2D eigenvalue weighted by molar-refractivity contribution is -0.121. The average molecular weight is 483 g/mol. The van der Waals surface area contributed by atoms with Gasteiger partial charge in [-0.15, -0.1) is 24.0 Å². The zero-order valence-corrected chi connectivity index (χ0v) is 20.4. The van der Waals surface area contributed by atoms with Crippen molar-refractivity contribution in [2.24, 2.45) is 10.9 Å². The van der Waals surface area contributed by atoms with Gasteiger partial charge in [-0.2, -0.15) is 0 Å². The Morgan fingerprint density at radius 2 is 1.65 bits per heavy atom. The van der Waals surface area contributed by atoms with Crippen LogP contribution in [0.25, 0.3) is 0 Å². The highest BCUT2D eigenvalue weighted by Crippen LogP contribution is 2.10. The van der Waals surface area contributed by atoms with E-state index in [1.54, 1.807) is 0 Å². The number of carbonyl (C=O) groups excluding carboxylic acids is 1. The summed E-state index contributed by atoms with van der Waals surface area (Å²) in [5.74, 6) is 1.28. The summed E-state index contributed by atoms with van der Waals surface area (Å²) >= 11 is 0. The van der Waals surface area contributed by atoms with Crippen molar-refractivity contribution in [3.8, 4) is 0 Å². The van der Waals surface area contributed by atoms with Gasteiger partial charge in [-0.05, 0) is 53.1 Å². The molecular formula is C19H42IN5O. The van der Waals surface area contributed by atoms with Gasteiger partial charge < -0.3 is 16.0 Å². The Kier molecular flexibility index (Phi) is 15.4. The van der Waals surface area contributed by atoms with Crippen LogP contribution in [-0.2, 0) is 4.79 Å². The Morgan fingerprint density at radius 3 is 2.08 bits per heavy atom. The van der Waals surface area contributed by atoms with Crippen molar-refractivity contribution in [3.05, 3.63) is 0 Å². The Balaban J connectivity index is 0. The third-order valence-corrected chi connectivity index (χ3v) is 3.82. The summed E-state index contributed by atoms with van der Waals surface area (Å²) in [5.41, 5.74) is -0.233. The molecule has 6 nitrogen and oxygen atoms in total. The molecule has 0 saturated heterocycles. The highest BCUT2D eigenvalue weighted by Gasteiger charge is 2.18. The number of aliphatic imine (C=N–C) groups is 1. The molecular weight excluding hydrogens is 441 g/mol. The zero-order chi connectivity index (χ0) is 19.5. The topological polar surface area (TPSA) is 68.8 Å². The molecule has 0 radical (unpaired) electrons. The SMILES string of the molecule is CCNC(=NCC(=O)NC(C)(C)C)NCC(CC(C)C)N(CC)CC.I.